The lowest BCUT2D eigenvalue weighted by Crippen LogP contribution is -2.13. The average molecular weight is 242 g/mol. The number of rotatable bonds is 5. The highest BCUT2D eigenvalue weighted by molar-refractivity contribution is 6.31. The maximum Gasteiger partial charge on any atom is 0.165 e. The molecular formula is C12H16ClNO2. The molecule has 0 aliphatic rings. The van der Waals surface area contributed by atoms with E-state index < -0.39 is 0 Å². The van der Waals surface area contributed by atoms with E-state index in [1.54, 1.807) is 25.3 Å². The molecule has 0 spiro atoms. The Balaban J connectivity index is 2.79. The number of ether oxygens (including phenoxy) is 1. The average Bonchev–Trinajstić information content (AvgIpc) is 2.23. The standard InChI is InChI=1S/C12H16ClNO2/c1-8(3-4-16-2)12(15)9-5-10(13)7-11(14)6-9/h5-8H,3-4,14H2,1-2H3. The van der Waals surface area contributed by atoms with Crippen LogP contribution in [0.25, 0.3) is 0 Å². The van der Waals surface area contributed by atoms with Crippen molar-refractivity contribution in [2.75, 3.05) is 19.5 Å². The van der Waals surface area contributed by atoms with Crippen molar-refractivity contribution in [1.82, 2.24) is 0 Å². The highest BCUT2D eigenvalue weighted by Gasteiger charge is 2.15. The molecule has 0 aromatic heterocycles. The minimum atomic E-state index is -0.0854. The molecule has 1 unspecified atom stereocenters. The van der Waals surface area contributed by atoms with E-state index in [4.69, 9.17) is 22.1 Å². The van der Waals surface area contributed by atoms with Gasteiger partial charge in [0.15, 0.2) is 5.78 Å². The second-order valence-electron chi connectivity index (χ2n) is 3.82. The van der Waals surface area contributed by atoms with Crippen LogP contribution in [0.3, 0.4) is 0 Å². The Morgan fingerprint density at radius 1 is 1.50 bits per heavy atom. The number of halogens is 1. The van der Waals surface area contributed by atoms with Crippen LogP contribution in [-0.2, 0) is 4.74 Å². The van der Waals surface area contributed by atoms with E-state index in [0.29, 0.717) is 29.3 Å². The number of carbonyl (C=O) groups is 1. The van der Waals surface area contributed by atoms with Crippen molar-refractivity contribution in [2.45, 2.75) is 13.3 Å². The van der Waals surface area contributed by atoms with Crippen molar-refractivity contribution >= 4 is 23.1 Å². The lowest BCUT2D eigenvalue weighted by Gasteiger charge is -2.10. The lowest BCUT2D eigenvalue weighted by molar-refractivity contribution is 0.0894. The SMILES string of the molecule is COCCC(C)C(=O)c1cc(N)cc(Cl)c1. The molecule has 1 aromatic rings. The van der Waals surface area contributed by atoms with E-state index in [9.17, 15) is 4.79 Å². The van der Waals surface area contributed by atoms with Crippen LogP contribution in [0.1, 0.15) is 23.7 Å². The molecular weight excluding hydrogens is 226 g/mol. The van der Waals surface area contributed by atoms with Gasteiger partial charge in [0.05, 0.1) is 0 Å². The molecule has 0 saturated heterocycles. The fourth-order valence-electron chi connectivity index (χ4n) is 1.46. The maximum absolute atomic E-state index is 12.0. The summed E-state index contributed by atoms with van der Waals surface area (Å²) in [6, 6.07) is 4.92. The van der Waals surface area contributed by atoms with Gasteiger partial charge in [-0.15, -0.1) is 0 Å². The predicted molar refractivity (Wildman–Crippen MR) is 65.9 cm³/mol. The van der Waals surface area contributed by atoms with Crippen LogP contribution in [0.4, 0.5) is 5.69 Å². The number of nitrogens with two attached hydrogens (primary N) is 1. The molecule has 0 aliphatic carbocycles. The highest BCUT2D eigenvalue weighted by Crippen LogP contribution is 2.20. The largest absolute Gasteiger partial charge is 0.399 e. The number of anilines is 1. The van der Waals surface area contributed by atoms with E-state index in [1.165, 1.54) is 0 Å². The zero-order valence-electron chi connectivity index (χ0n) is 9.50. The van der Waals surface area contributed by atoms with Crippen molar-refractivity contribution in [3.63, 3.8) is 0 Å². The zero-order valence-corrected chi connectivity index (χ0v) is 10.3. The molecule has 0 fully saturated rings. The normalized spacial score (nSPS) is 12.4. The van der Waals surface area contributed by atoms with E-state index in [0.717, 1.165) is 0 Å². The lowest BCUT2D eigenvalue weighted by atomic mass is 9.96. The second kappa shape index (κ2) is 5.87. The van der Waals surface area contributed by atoms with E-state index in [2.05, 4.69) is 0 Å². The minimum Gasteiger partial charge on any atom is -0.399 e. The van der Waals surface area contributed by atoms with E-state index in [1.807, 2.05) is 6.92 Å². The van der Waals surface area contributed by atoms with Crippen molar-refractivity contribution in [2.24, 2.45) is 5.92 Å². The minimum absolute atomic E-state index is 0.0475. The Bertz CT molecular complexity index is 359. The third kappa shape index (κ3) is 3.51. The summed E-state index contributed by atoms with van der Waals surface area (Å²) in [6.07, 6.45) is 0.696. The Morgan fingerprint density at radius 2 is 2.19 bits per heavy atom. The number of ketones is 1. The monoisotopic (exact) mass is 241 g/mol. The first-order valence-corrected chi connectivity index (χ1v) is 5.51. The van der Waals surface area contributed by atoms with Gasteiger partial charge in [0.2, 0.25) is 0 Å². The quantitative estimate of drug-likeness (QED) is 0.637. The molecule has 0 aliphatic heterocycles. The smallest absolute Gasteiger partial charge is 0.165 e. The molecule has 1 atom stereocenters. The first-order chi connectivity index (χ1) is 7.54. The van der Waals surface area contributed by atoms with Gasteiger partial charge in [-0.3, -0.25) is 4.79 Å². The first kappa shape index (κ1) is 13.0. The van der Waals surface area contributed by atoms with Crippen LogP contribution in [0.2, 0.25) is 5.02 Å². The molecule has 2 N–H and O–H groups in total. The Hall–Kier alpha value is -1.06. The molecule has 3 nitrogen and oxygen atoms in total. The van der Waals surface area contributed by atoms with Crippen LogP contribution in [0.15, 0.2) is 18.2 Å². The number of nitrogen functional groups attached to an aromatic ring is 1. The van der Waals surface area contributed by atoms with Crippen LogP contribution in [0, 0.1) is 5.92 Å². The molecule has 1 rings (SSSR count). The van der Waals surface area contributed by atoms with Crippen molar-refractivity contribution in [1.29, 1.82) is 0 Å². The zero-order chi connectivity index (χ0) is 12.1. The number of hydrogen-bond donors (Lipinski definition) is 1. The van der Waals surface area contributed by atoms with Gasteiger partial charge in [-0.1, -0.05) is 18.5 Å². The number of hydrogen-bond acceptors (Lipinski definition) is 3. The molecule has 0 heterocycles. The number of Topliss-reactive ketones (excluding diaryl/α,β-unsaturated/α-hetero) is 1. The molecule has 0 bridgehead atoms. The van der Waals surface area contributed by atoms with E-state index >= 15 is 0 Å². The second-order valence-corrected chi connectivity index (χ2v) is 4.26. The van der Waals surface area contributed by atoms with Gasteiger partial charge >= 0.3 is 0 Å². The summed E-state index contributed by atoms with van der Waals surface area (Å²) >= 11 is 5.85. The molecule has 1 aromatic carbocycles. The molecule has 16 heavy (non-hydrogen) atoms. The van der Waals surface area contributed by atoms with Gasteiger partial charge in [-0.2, -0.15) is 0 Å². The summed E-state index contributed by atoms with van der Waals surface area (Å²) in [5, 5.41) is 0.488. The summed E-state index contributed by atoms with van der Waals surface area (Å²) in [5.74, 6) is -0.0379. The van der Waals surface area contributed by atoms with Crippen LogP contribution >= 0.6 is 11.6 Å². The van der Waals surface area contributed by atoms with Gasteiger partial charge in [-0.25, -0.2) is 0 Å². The molecule has 0 radical (unpaired) electrons. The number of benzene rings is 1. The van der Waals surface area contributed by atoms with Gasteiger partial charge in [0, 0.05) is 35.9 Å². The maximum atomic E-state index is 12.0. The Kier molecular flexibility index (Phi) is 4.77. The van der Waals surface area contributed by atoms with Gasteiger partial charge in [0.1, 0.15) is 0 Å². The van der Waals surface area contributed by atoms with E-state index in [-0.39, 0.29) is 11.7 Å². The number of carbonyl (C=O) groups excluding carboxylic acids is 1. The van der Waals surface area contributed by atoms with Gasteiger partial charge < -0.3 is 10.5 Å². The topological polar surface area (TPSA) is 52.3 Å². The number of methoxy groups -OCH3 is 1. The molecule has 0 saturated carbocycles. The first-order valence-electron chi connectivity index (χ1n) is 5.14. The Morgan fingerprint density at radius 3 is 2.75 bits per heavy atom. The van der Waals surface area contributed by atoms with Gasteiger partial charge in [0.25, 0.3) is 0 Å². The molecule has 88 valence electrons. The predicted octanol–water partition coefficient (Wildman–Crippen LogP) is 2.78. The summed E-state index contributed by atoms with van der Waals surface area (Å²) in [6.45, 7) is 2.45. The van der Waals surface area contributed by atoms with Crippen molar-refractivity contribution in [3.8, 4) is 0 Å². The third-order valence-electron chi connectivity index (χ3n) is 2.41. The Labute approximate surface area is 101 Å². The summed E-state index contributed by atoms with van der Waals surface area (Å²) < 4.78 is 4.94. The molecule has 4 heteroatoms. The molecule has 0 amide bonds. The van der Waals surface area contributed by atoms with Crippen LogP contribution < -0.4 is 5.73 Å². The van der Waals surface area contributed by atoms with Gasteiger partial charge in [-0.05, 0) is 24.6 Å². The van der Waals surface area contributed by atoms with Crippen LogP contribution in [-0.4, -0.2) is 19.5 Å². The van der Waals surface area contributed by atoms with Crippen LogP contribution in [0.5, 0.6) is 0 Å². The highest BCUT2D eigenvalue weighted by atomic mass is 35.5. The van der Waals surface area contributed by atoms with Crippen molar-refractivity contribution in [3.05, 3.63) is 28.8 Å². The third-order valence-corrected chi connectivity index (χ3v) is 2.63. The summed E-state index contributed by atoms with van der Waals surface area (Å²) in [7, 11) is 1.62. The van der Waals surface area contributed by atoms with Crippen molar-refractivity contribution < 1.29 is 9.53 Å². The summed E-state index contributed by atoms with van der Waals surface area (Å²) in [4.78, 5) is 12.0. The summed E-state index contributed by atoms with van der Waals surface area (Å²) in [5.41, 5.74) is 6.71. The fourth-order valence-corrected chi connectivity index (χ4v) is 1.71. The fraction of sp³-hybridized carbons (Fsp3) is 0.417.